The lowest BCUT2D eigenvalue weighted by atomic mass is 10.2. The molecule has 0 aliphatic rings. The lowest BCUT2D eigenvalue weighted by molar-refractivity contribution is 0.272. The molecule has 0 aliphatic heterocycles. The van der Waals surface area contributed by atoms with Crippen LogP contribution in [0.4, 0.5) is 0 Å². The first kappa shape index (κ1) is 7.44. The zero-order chi connectivity index (χ0) is 7.56. The number of benzene rings is 1. The highest BCUT2D eigenvalue weighted by molar-refractivity contribution is 7.80. The van der Waals surface area contributed by atoms with Gasteiger partial charge in [0.25, 0.3) is 0 Å². The molecule has 0 amide bonds. The predicted molar refractivity (Wildman–Crippen MR) is 42.1 cm³/mol. The lowest BCUT2D eigenvalue weighted by Crippen LogP contribution is -1.85. The number of aromatic hydroxyl groups is 1. The van der Waals surface area contributed by atoms with Crippen molar-refractivity contribution in [2.75, 3.05) is 0 Å². The lowest BCUT2D eigenvalue weighted by Gasteiger charge is -2.02. The van der Waals surface area contributed by atoms with Crippen LogP contribution in [0.25, 0.3) is 0 Å². The summed E-state index contributed by atoms with van der Waals surface area (Å²) < 4.78 is 0. The van der Waals surface area contributed by atoms with Crippen molar-refractivity contribution in [2.45, 2.75) is 5.44 Å². The second-order valence-corrected chi connectivity index (χ2v) is 2.46. The standard InChI is InChI=1S/C7H8O2S/c8-6-3-1-2-5(4-6)7(9)10/h1-4,7-10H. The number of aliphatic hydroxyl groups excluding tert-OH is 1. The van der Waals surface area contributed by atoms with Gasteiger partial charge in [-0.2, -0.15) is 0 Å². The Morgan fingerprint density at radius 3 is 2.50 bits per heavy atom. The molecular formula is C7H8O2S. The van der Waals surface area contributed by atoms with Crippen molar-refractivity contribution in [1.29, 1.82) is 0 Å². The summed E-state index contributed by atoms with van der Waals surface area (Å²) in [5, 5.41) is 17.8. The summed E-state index contributed by atoms with van der Waals surface area (Å²) in [4.78, 5) is 0. The SMILES string of the molecule is Oc1cccc(C(O)S)c1. The van der Waals surface area contributed by atoms with Crippen molar-refractivity contribution in [3.8, 4) is 5.75 Å². The highest BCUT2D eigenvalue weighted by atomic mass is 32.1. The van der Waals surface area contributed by atoms with Crippen molar-refractivity contribution in [3.63, 3.8) is 0 Å². The van der Waals surface area contributed by atoms with Crippen molar-refractivity contribution in [2.24, 2.45) is 0 Å². The van der Waals surface area contributed by atoms with Gasteiger partial charge in [0.1, 0.15) is 11.2 Å². The van der Waals surface area contributed by atoms with Crippen LogP contribution in [0, 0.1) is 0 Å². The number of hydrogen-bond donors (Lipinski definition) is 3. The Morgan fingerprint density at radius 1 is 1.40 bits per heavy atom. The van der Waals surface area contributed by atoms with Crippen LogP contribution in [0.15, 0.2) is 24.3 Å². The highest BCUT2D eigenvalue weighted by Crippen LogP contribution is 2.19. The molecule has 2 nitrogen and oxygen atoms in total. The Morgan fingerprint density at radius 2 is 2.10 bits per heavy atom. The van der Waals surface area contributed by atoms with E-state index in [9.17, 15) is 0 Å². The molecule has 0 aliphatic carbocycles. The zero-order valence-electron chi connectivity index (χ0n) is 5.23. The average Bonchev–Trinajstić information content (AvgIpc) is 1.88. The zero-order valence-corrected chi connectivity index (χ0v) is 6.12. The Labute approximate surface area is 64.5 Å². The van der Waals surface area contributed by atoms with Crippen LogP contribution >= 0.6 is 12.6 Å². The van der Waals surface area contributed by atoms with Gasteiger partial charge in [-0.05, 0) is 17.7 Å². The third kappa shape index (κ3) is 1.65. The monoisotopic (exact) mass is 156 g/mol. The highest BCUT2D eigenvalue weighted by Gasteiger charge is 1.99. The quantitative estimate of drug-likeness (QED) is 0.424. The molecule has 2 N–H and O–H groups in total. The van der Waals surface area contributed by atoms with Gasteiger partial charge in [-0.15, -0.1) is 12.6 Å². The van der Waals surface area contributed by atoms with Crippen LogP contribution in [0.2, 0.25) is 0 Å². The number of phenols is 1. The molecule has 0 radical (unpaired) electrons. The third-order valence-corrected chi connectivity index (χ3v) is 1.47. The average molecular weight is 156 g/mol. The van der Waals surface area contributed by atoms with E-state index >= 15 is 0 Å². The fraction of sp³-hybridized carbons (Fsp3) is 0.143. The molecule has 1 aromatic rings. The van der Waals surface area contributed by atoms with Crippen LogP contribution in [-0.2, 0) is 0 Å². The van der Waals surface area contributed by atoms with Crippen molar-refractivity contribution >= 4 is 12.6 Å². The number of rotatable bonds is 1. The molecule has 0 fully saturated rings. The van der Waals surface area contributed by atoms with Gasteiger partial charge in [0.05, 0.1) is 0 Å². The van der Waals surface area contributed by atoms with Gasteiger partial charge in [0.15, 0.2) is 0 Å². The number of hydrogen-bond acceptors (Lipinski definition) is 3. The number of phenolic OH excluding ortho intramolecular Hbond substituents is 1. The maximum Gasteiger partial charge on any atom is 0.122 e. The van der Waals surface area contributed by atoms with Gasteiger partial charge < -0.3 is 10.2 Å². The first-order chi connectivity index (χ1) is 4.70. The predicted octanol–water partition coefficient (Wildman–Crippen LogP) is 1.31. The molecule has 1 aromatic carbocycles. The molecule has 0 saturated carbocycles. The first-order valence-electron chi connectivity index (χ1n) is 2.85. The van der Waals surface area contributed by atoms with Gasteiger partial charge in [-0.3, -0.25) is 0 Å². The molecule has 0 bridgehead atoms. The molecule has 1 atom stereocenters. The Balaban J connectivity index is 2.96. The minimum absolute atomic E-state index is 0.144. The Hall–Kier alpha value is -0.670. The normalized spacial score (nSPS) is 13.0. The van der Waals surface area contributed by atoms with E-state index in [1.54, 1.807) is 18.2 Å². The smallest absolute Gasteiger partial charge is 0.122 e. The minimum Gasteiger partial charge on any atom is -0.508 e. The number of aliphatic hydroxyl groups is 1. The summed E-state index contributed by atoms with van der Waals surface area (Å²) in [6.45, 7) is 0. The van der Waals surface area contributed by atoms with E-state index in [1.807, 2.05) is 0 Å². The van der Waals surface area contributed by atoms with E-state index in [0.717, 1.165) is 0 Å². The summed E-state index contributed by atoms with van der Waals surface area (Å²) in [5.41, 5.74) is -0.213. The van der Waals surface area contributed by atoms with Gasteiger partial charge in [-0.1, -0.05) is 12.1 Å². The minimum atomic E-state index is -0.813. The Bertz CT molecular complexity index is 223. The maximum absolute atomic E-state index is 8.92. The van der Waals surface area contributed by atoms with Crippen LogP contribution < -0.4 is 0 Å². The summed E-state index contributed by atoms with van der Waals surface area (Å²) in [6.07, 6.45) is 0. The van der Waals surface area contributed by atoms with Gasteiger partial charge in [0, 0.05) is 0 Å². The van der Waals surface area contributed by atoms with E-state index in [0.29, 0.717) is 5.56 Å². The molecule has 0 aromatic heterocycles. The summed E-state index contributed by atoms with van der Waals surface area (Å²) in [6, 6.07) is 6.36. The van der Waals surface area contributed by atoms with Gasteiger partial charge in [-0.25, -0.2) is 0 Å². The van der Waals surface area contributed by atoms with E-state index in [2.05, 4.69) is 12.6 Å². The molecule has 0 saturated heterocycles. The third-order valence-electron chi connectivity index (χ3n) is 1.17. The maximum atomic E-state index is 8.92. The van der Waals surface area contributed by atoms with E-state index in [-0.39, 0.29) is 5.75 Å². The van der Waals surface area contributed by atoms with Crippen LogP contribution in [0.5, 0.6) is 5.75 Å². The molecule has 0 heterocycles. The molecule has 10 heavy (non-hydrogen) atoms. The molecule has 1 unspecified atom stereocenters. The van der Waals surface area contributed by atoms with Crippen LogP contribution in [0.3, 0.4) is 0 Å². The topological polar surface area (TPSA) is 40.5 Å². The van der Waals surface area contributed by atoms with E-state index in [4.69, 9.17) is 10.2 Å². The fourth-order valence-electron chi connectivity index (χ4n) is 0.685. The molecule has 54 valence electrons. The van der Waals surface area contributed by atoms with Crippen LogP contribution in [-0.4, -0.2) is 10.2 Å². The second-order valence-electron chi connectivity index (χ2n) is 1.97. The molecular weight excluding hydrogens is 148 g/mol. The first-order valence-corrected chi connectivity index (χ1v) is 3.37. The van der Waals surface area contributed by atoms with E-state index < -0.39 is 5.44 Å². The van der Waals surface area contributed by atoms with Gasteiger partial charge in [0.2, 0.25) is 0 Å². The number of thiol groups is 1. The fourth-order valence-corrected chi connectivity index (χ4v) is 0.846. The van der Waals surface area contributed by atoms with Crippen molar-refractivity contribution in [1.82, 2.24) is 0 Å². The molecule has 0 spiro atoms. The van der Waals surface area contributed by atoms with E-state index in [1.165, 1.54) is 6.07 Å². The summed E-state index contributed by atoms with van der Waals surface area (Å²) in [7, 11) is 0. The van der Waals surface area contributed by atoms with Gasteiger partial charge >= 0.3 is 0 Å². The largest absolute Gasteiger partial charge is 0.508 e. The summed E-state index contributed by atoms with van der Waals surface area (Å²) >= 11 is 3.78. The van der Waals surface area contributed by atoms with Crippen LogP contribution in [0.1, 0.15) is 11.0 Å². The Kier molecular flexibility index (Phi) is 2.19. The molecule has 3 heteroatoms. The molecule has 1 rings (SSSR count). The van der Waals surface area contributed by atoms with Crippen molar-refractivity contribution in [3.05, 3.63) is 29.8 Å². The summed E-state index contributed by atoms with van der Waals surface area (Å²) in [5.74, 6) is 0.144. The second kappa shape index (κ2) is 2.94. The van der Waals surface area contributed by atoms with Crippen molar-refractivity contribution < 1.29 is 10.2 Å².